The van der Waals surface area contributed by atoms with Crippen molar-refractivity contribution in [2.45, 2.75) is 46.6 Å². The highest BCUT2D eigenvalue weighted by molar-refractivity contribution is 5.99. The van der Waals surface area contributed by atoms with Gasteiger partial charge in [-0.3, -0.25) is 4.79 Å². The number of benzene rings is 1. The fourth-order valence-corrected chi connectivity index (χ4v) is 2.35. The Hall–Kier alpha value is -1.84. The highest BCUT2D eigenvalue weighted by Crippen LogP contribution is 2.26. The lowest BCUT2D eigenvalue weighted by Gasteiger charge is -2.14. The van der Waals surface area contributed by atoms with Crippen molar-refractivity contribution in [3.05, 3.63) is 35.3 Å². The van der Waals surface area contributed by atoms with Crippen molar-refractivity contribution in [1.29, 1.82) is 0 Å². The predicted octanol–water partition coefficient (Wildman–Crippen LogP) is 4.43. The minimum atomic E-state index is -0.330. The van der Waals surface area contributed by atoms with Crippen molar-refractivity contribution in [2.75, 3.05) is 0 Å². The van der Waals surface area contributed by atoms with E-state index < -0.39 is 0 Å². The number of carbonyl (C=O) groups is 1. The Bertz CT molecular complexity index is 646. The molecule has 1 unspecified atom stereocenters. The molecule has 2 rings (SSSR count). The molecule has 0 saturated heterocycles. The number of amides is 1. The zero-order valence-corrected chi connectivity index (χ0v) is 13.0. The number of halogens is 1. The smallest absolute Gasteiger partial charge is 0.287 e. The first kappa shape index (κ1) is 15.5. The van der Waals surface area contributed by atoms with E-state index in [2.05, 4.69) is 19.2 Å². The summed E-state index contributed by atoms with van der Waals surface area (Å²) in [7, 11) is 0. The molecule has 1 heterocycles. The molecule has 1 aromatic carbocycles. The van der Waals surface area contributed by atoms with Crippen molar-refractivity contribution in [3.8, 4) is 0 Å². The van der Waals surface area contributed by atoms with Gasteiger partial charge in [0.25, 0.3) is 5.91 Å². The summed E-state index contributed by atoms with van der Waals surface area (Å²) in [5, 5.41) is 3.59. The van der Waals surface area contributed by atoms with Crippen molar-refractivity contribution < 1.29 is 13.6 Å². The van der Waals surface area contributed by atoms with Gasteiger partial charge in [-0.05, 0) is 50.8 Å². The summed E-state index contributed by atoms with van der Waals surface area (Å²) in [5.74, 6) is 0.316. The Morgan fingerprint density at radius 3 is 2.67 bits per heavy atom. The molecule has 0 spiro atoms. The summed E-state index contributed by atoms with van der Waals surface area (Å²) in [5.41, 5.74) is 1.21. The van der Waals surface area contributed by atoms with Crippen LogP contribution in [0.3, 0.4) is 0 Å². The van der Waals surface area contributed by atoms with E-state index in [-0.39, 0.29) is 23.5 Å². The molecule has 1 amide bonds. The van der Waals surface area contributed by atoms with Gasteiger partial charge in [-0.2, -0.15) is 0 Å². The molecule has 2 aromatic rings. The van der Waals surface area contributed by atoms with Gasteiger partial charge < -0.3 is 9.73 Å². The molecule has 4 heteroatoms. The largest absolute Gasteiger partial charge is 0.451 e. The van der Waals surface area contributed by atoms with Gasteiger partial charge in [0.15, 0.2) is 5.76 Å². The van der Waals surface area contributed by atoms with E-state index >= 15 is 0 Å². The minimum Gasteiger partial charge on any atom is -0.451 e. The van der Waals surface area contributed by atoms with Crippen molar-refractivity contribution in [3.63, 3.8) is 0 Å². The summed E-state index contributed by atoms with van der Waals surface area (Å²) in [6.07, 6.45) is 1.99. The second-order valence-electron chi connectivity index (χ2n) is 6.04. The molecule has 3 nitrogen and oxygen atoms in total. The van der Waals surface area contributed by atoms with Crippen LogP contribution >= 0.6 is 0 Å². The molecule has 0 saturated carbocycles. The Labute approximate surface area is 124 Å². The number of nitrogens with one attached hydrogen (secondary N) is 1. The maximum atomic E-state index is 13.3. The Kier molecular flexibility index (Phi) is 4.66. The first-order chi connectivity index (χ1) is 9.88. The molecule has 0 aliphatic carbocycles. The third kappa shape index (κ3) is 3.63. The van der Waals surface area contributed by atoms with E-state index in [9.17, 15) is 9.18 Å². The fourth-order valence-electron chi connectivity index (χ4n) is 2.35. The highest BCUT2D eigenvalue weighted by Gasteiger charge is 2.19. The lowest BCUT2D eigenvalue weighted by molar-refractivity contribution is 0.0910. The summed E-state index contributed by atoms with van der Waals surface area (Å²) < 4.78 is 18.8. The molecule has 1 atom stereocenters. The van der Waals surface area contributed by atoms with Crippen LogP contribution in [-0.4, -0.2) is 11.9 Å². The average Bonchev–Trinajstić information content (AvgIpc) is 2.74. The normalized spacial score (nSPS) is 12.9. The number of fused-ring (bicyclic) bond motifs is 1. The maximum Gasteiger partial charge on any atom is 0.287 e. The third-order valence-electron chi connectivity index (χ3n) is 3.66. The SMILES string of the molecule is Cc1c(C(=O)NC(C)CCC(C)C)oc2ccc(F)cc12. The quantitative estimate of drug-likeness (QED) is 0.885. The van der Waals surface area contributed by atoms with Gasteiger partial charge in [0, 0.05) is 17.0 Å². The van der Waals surface area contributed by atoms with Crippen LogP contribution in [0.15, 0.2) is 22.6 Å². The molecule has 0 aliphatic rings. The molecule has 0 bridgehead atoms. The number of carbonyl (C=O) groups excluding carboxylic acids is 1. The molecule has 0 aliphatic heterocycles. The lowest BCUT2D eigenvalue weighted by atomic mass is 10.0. The van der Waals surface area contributed by atoms with Crippen LogP contribution in [0.4, 0.5) is 4.39 Å². The molecule has 114 valence electrons. The summed E-state index contributed by atoms with van der Waals surface area (Å²) in [4.78, 5) is 12.3. The molecule has 21 heavy (non-hydrogen) atoms. The van der Waals surface area contributed by atoms with Gasteiger partial charge in [0.2, 0.25) is 0 Å². The van der Waals surface area contributed by atoms with Crippen LogP contribution in [0, 0.1) is 18.7 Å². The number of rotatable bonds is 5. The standard InChI is InChI=1S/C17H22FNO2/c1-10(2)5-6-11(3)19-17(20)16-12(4)14-9-13(18)7-8-15(14)21-16/h7-11H,5-6H2,1-4H3,(H,19,20). The van der Waals surface area contributed by atoms with Gasteiger partial charge in [-0.15, -0.1) is 0 Å². The molecule has 0 radical (unpaired) electrons. The highest BCUT2D eigenvalue weighted by atomic mass is 19.1. The van der Waals surface area contributed by atoms with E-state index in [0.29, 0.717) is 22.5 Å². The van der Waals surface area contributed by atoms with Crippen LogP contribution < -0.4 is 5.32 Å². The van der Waals surface area contributed by atoms with E-state index in [0.717, 1.165) is 12.8 Å². The Morgan fingerprint density at radius 1 is 1.29 bits per heavy atom. The van der Waals surface area contributed by atoms with Crippen LogP contribution in [0.5, 0.6) is 0 Å². The molecular weight excluding hydrogens is 269 g/mol. The fraction of sp³-hybridized carbons (Fsp3) is 0.471. The Morgan fingerprint density at radius 2 is 2.00 bits per heavy atom. The summed E-state index contributed by atoms with van der Waals surface area (Å²) in [6, 6.07) is 4.37. The van der Waals surface area contributed by atoms with Crippen LogP contribution in [0.1, 0.15) is 49.7 Å². The van der Waals surface area contributed by atoms with Gasteiger partial charge in [-0.1, -0.05) is 13.8 Å². The van der Waals surface area contributed by atoms with E-state index in [1.807, 2.05) is 6.92 Å². The zero-order valence-electron chi connectivity index (χ0n) is 13.0. The average molecular weight is 291 g/mol. The summed E-state index contributed by atoms with van der Waals surface area (Å²) >= 11 is 0. The predicted molar refractivity (Wildman–Crippen MR) is 81.9 cm³/mol. The number of hydrogen-bond donors (Lipinski definition) is 1. The second kappa shape index (κ2) is 6.29. The van der Waals surface area contributed by atoms with Gasteiger partial charge in [0.05, 0.1) is 0 Å². The number of furan rings is 1. The van der Waals surface area contributed by atoms with Gasteiger partial charge in [0.1, 0.15) is 11.4 Å². The minimum absolute atomic E-state index is 0.0873. The monoisotopic (exact) mass is 291 g/mol. The molecule has 1 N–H and O–H groups in total. The molecular formula is C17H22FNO2. The van der Waals surface area contributed by atoms with E-state index in [4.69, 9.17) is 4.42 Å². The lowest BCUT2D eigenvalue weighted by Crippen LogP contribution is -2.32. The Balaban J connectivity index is 2.14. The van der Waals surface area contributed by atoms with E-state index in [1.54, 1.807) is 13.0 Å². The van der Waals surface area contributed by atoms with E-state index in [1.165, 1.54) is 12.1 Å². The molecule has 0 fully saturated rings. The zero-order chi connectivity index (χ0) is 15.6. The molecule has 1 aromatic heterocycles. The van der Waals surface area contributed by atoms with Crippen molar-refractivity contribution in [1.82, 2.24) is 5.32 Å². The number of hydrogen-bond acceptors (Lipinski definition) is 2. The second-order valence-corrected chi connectivity index (χ2v) is 6.04. The van der Waals surface area contributed by atoms with Crippen molar-refractivity contribution >= 4 is 16.9 Å². The first-order valence-corrected chi connectivity index (χ1v) is 7.38. The van der Waals surface area contributed by atoms with Gasteiger partial charge in [-0.25, -0.2) is 4.39 Å². The maximum absolute atomic E-state index is 13.3. The van der Waals surface area contributed by atoms with Gasteiger partial charge >= 0.3 is 0 Å². The first-order valence-electron chi connectivity index (χ1n) is 7.38. The van der Waals surface area contributed by atoms with Crippen LogP contribution in [-0.2, 0) is 0 Å². The number of aryl methyl sites for hydroxylation is 1. The summed E-state index contributed by atoms with van der Waals surface area (Å²) in [6.45, 7) is 8.08. The third-order valence-corrected chi connectivity index (χ3v) is 3.66. The topological polar surface area (TPSA) is 42.2 Å². The van der Waals surface area contributed by atoms with Crippen molar-refractivity contribution in [2.24, 2.45) is 5.92 Å². The van der Waals surface area contributed by atoms with Crippen LogP contribution in [0.25, 0.3) is 11.0 Å². The van der Waals surface area contributed by atoms with Crippen LogP contribution in [0.2, 0.25) is 0 Å².